The van der Waals surface area contributed by atoms with E-state index in [0.717, 1.165) is 5.56 Å². The SMILES string of the molecule is COCC(NC(=O)C(C)Oc1cccc(C(C)C)c1)C(=O)O. The molecule has 2 atom stereocenters. The molecule has 0 aliphatic heterocycles. The highest BCUT2D eigenvalue weighted by molar-refractivity contribution is 5.86. The number of methoxy groups -OCH3 is 1. The number of ether oxygens (including phenoxy) is 2. The molecule has 0 spiro atoms. The molecule has 1 aromatic rings. The van der Waals surface area contributed by atoms with Gasteiger partial charge in [0, 0.05) is 7.11 Å². The summed E-state index contributed by atoms with van der Waals surface area (Å²) >= 11 is 0. The number of hydrogen-bond donors (Lipinski definition) is 2. The first-order valence-corrected chi connectivity index (χ1v) is 7.13. The van der Waals surface area contributed by atoms with Crippen molar-refractivity contribution in [2.24, 2.45) is 0 Å². The topological polar surface area (TPSA) is 84.9 Å². The molecule has 1 aromatic carbocycles. The van der Waals surface area contributed by atoms with Gasteiger partial charge in [-0.3, -0.25) is 4.79 Å². The second-order valence-electron chi connectivity index (χ2n) is 5.34. The van der Waals surface area contributed by atoms with Gasteiger partial charge < -0.3 is 19.9 Å². The Labute approximate surface area is 130 Å². The quantitative estimate of drug-likeness (QED) is 0.765. The number of benzene rings is 1. The highest BCUT2D eigenvalue weighted by Crippen LogP contribution is 2.21. The molecule has 0 saturated heterocycles. The Morgan fingerprint density at radius 1 is 1.27 bits per heavy atom. The maximum Gasteiger partial charge on any atom is 0.328 e. The molecule has 1 amide bonds. The molecule has 0 radical (unpaired) electrons. The molecular weight excluding hydrogens is 286 g/mol. The van der Waals surface area contributed by atoms with E-state index >= 15 is 0 Å². The number of amides is 1. The van der Waals surface area contributed by atoms with Crippen LogP contribution in [0.3, 0.4) is 0 Å². The molecule has 0 aliphatic carbocycles. The number of carbonyl (C=O) groups excluding carboxylic acids is 1. The fraction of sp³-hybridized carbons (Fsp3) is 0.500. The first-order chi connectivity index (χ1) is 10.3. The van der Waals surface area contributed by atoms with Gasteiger partial charge >= 0.3 is 5.97 Å². The van der Waals surface area contributed by atoms with Crippen LogP contribution in [0.1, 0.15) is 32.3 Å². The van der Waals surface area contributed by atoms with E-state index < -0.39 is 24.0 Å². The van der Waals surface area contributed by atoms with E-state index in [-0.39, 0.29) is 6.61 Å². The average molecular weight is 309 g/mol. The van der Waals surface area contributed by atoms with Gasteiger partial charge in [0.25, 0.3) is 5.91 Å². The van der Waals surface area contributed by atoms with E-state index in [4.69, 9.17) is 14.6 Å². The Morgan fingerprint density at radius 3 is 2.50 bits per heavy atom. The minimum absolute atomic E-state index is 0.101. The van der Waals surface area contributed by atoms with E-state index in [1.54, 1.807) is 13.0 Å². The molecule has 6 nitrogen and oxygen atoms in total. The van der Waals surface area contributed by atoms with Crippen molar-refractivity contribution in [2.45, 2.75) is 38.8 Å². The summed E-state index contributed by atoms with van der Waals surface area (Å²) in [5.74, 6) is -0.721. The number of nitrogens with one attached hydrogen (secondary N) is 1. The van der Waals surface area contributed by atoms with Gasteiger partial charge in [0.2, 0.25) is 0 Å². The van der Waals surface area contributed by atoms with E-state index in [2.05, 4.69) is 19.2 Å². The summed E-state index contributed by atoms with van der Waals surface area (Å²) in [4.78, 5) is 23.0. The van der Waals surface area contributed by atoms with Gasteiger partial charge in [-0.15, -0.1) is 0 Å². The molecular formula is C16H23NO5. The van der Waals surface area contributed by atoms with Gasteiger partial charge in [-0.2, -0.15) is 0 Å². The molecule has 2 unspecified atom stereocenters. The van der Waals surface area contributed by atoms with Crippen LogP contribution in [0.4, 0.5) is 0 Å². The van der Waals surface area contributed by atoms with Crippen LogP contribution in [0.25, 0.3) is 0 Å². The number of carboxylic acids is 1. The highest BCUT2D eigenvalue weighted by Gasteiger charge is 2.23. The molecule has 6 heteroatoms. The predicted molar refractivity (Wildman–Crippen MR) is 82.1 cm³/mol. The average Bonchev–Trinajstić information content (AvgIpc) is 2.46. The zero-order valence-corrected chi connectivity index (χ0v) is 13.3. The molecule has 0 aromatic heterocycles. The molecule has 0 heterocycles. The minimum Gasteiger partial charge on any atom is -0.481 e. The van der Waals surface area contributed by atoms with Crippen LogP contribution < -0.4 is 10.1 Å². The van der Waals surface area contributed by atoms with Gasteiger partial charge in [0.15, 0.2) is 12.1 Å². The Hall–Kier alpha value is -2.08. The van der Waals surface area contributed by atoms with E-state index in [9.17, 15) is 9.59 Å². The monoisotopic (exact) mass is 309 g/mol. The summed E-state index contributed by atoms with van der Waals surface area (Å²) in [6.07, 6.45) is -0.805. The van der Waals surface area contributed by atoms with Crippen molar-refractivity contribution in [3.8, 4) is 5.75 Å². The maximum atomic E-state index is 12.0. The lowest BCUT2D eigenvalue weighted by molar-refractivity contribution is -0.144. The Bertz CT molecular complexity index is 515. The van der Waals surface area contributed by atoms with Crippen molar-refractivity contribution in [3.63, 3.8) is 0 Å². The smallest absolute Gasteiger partial charge is 0.328 e. The number of aliphatic carboxylic acids is 1. The zero-order valence-electron chi connectivity index (χ0n) is 13.3. The number of rotatable bonds is 8. The molecule has 0 aliphatic rings. The van der Waals surface area contributed by atoms with Crippen LogP contribution in [0.5, 0.6) is 5.75 Å². The molecule has 0 saturated carbocycles. The fourth-order valence-electron chi connectivity index (χ4n) is 1.84. The summed E-state index contributed by atoms with van der Waals surface area (Å²) in [7, 11) is 1.37. The van der Waals surface area contributed by atoms with Gasteiger partial charge in [-0.1, -0.05) is 26.0 Å². The summed E-state index contributed by atoms with van der Waals surface area (Å²) in [5, 5.41) is 11.4. The van der Waals surface area contributed by atoms with E-state index in [0.29, 0.717) is 11.7 Å². The van der Waals surface area contributed by atoms with Crippen molar-refractivity contribution < 1.29 is 24.2 Å². The van der Waals surface area contributed by atoms with Crippen molar-refractivity contribution in [1.82, 2.24) is 5.32 Å². The summed E-state index contributed by atoms with van der Waals surface area (Å²) in [6.45, 7) is 5.61. The Balaban J connectivity index is 2.67. The van der Waals surface area contributed by atoms with Crippen LogP contribution in [0, 0.1) is 0 Å². The van der Waals surface area contributed by atoms with Crippen LogP contribution in [0.15, 0.2) is 24.3 Å². The maximum absolute atomic E-state index is 12.0. The Morgan fingerprint density at radius 2 is 1.95 bits per heavy atom. The van der Waals surface area contributed by atoms with Crippen molar-refractivity contribution in [2.75, 3.05) is 13.7 Å². The molecule has 122 valence electrons. The molecule has 0 fully saturated rings. The predicted octanol–water partition coefficient (Wildman–Crippen LogP) is 1.79. The molecule has 1 rings (SSSR count). The lowest BCUT2D eigenvalue weighted by atomic mass is 10.0. The highest BCUT2D eigenvalue weighted by atomic mass is 16.5. The van der Waals surface area contributed by atoms with Crippen LogP contribution >= 0.6 is 0 Å². The van der Waals surface area contributed by atoms with Crippen LogP contribution in [-0.4, -0.2) is 42.8 Å². The number of carbonyl (C=O) groups is 2. The van der Waals surface area contributed by atoms with Crippen molar-refractivity contribution >= 4 is 11.9 Å². The minimum atomic E-state index is -1.15. The normalized spacial score (nSPS) is 13.5. The first kappa shape index (κ1) is 18.0. The standard InChI is InChI=1S/C16H23NO5/c1-10(2)12-6-5-7-13(8-12)22-11(3)15(18)17-14(9-21-4)16(19)20/h5-8,10-11,14H,9H2,1-4H3,(H,17,18)(H,19,20). The number of carboxylic acid groups (broad SMARTS) is 1. The molecule has 22 heavy (non-hydrogen) atoms. The zero-order chi connectivity index (χ0) is 16.7. The van der Waals surface area contributed by atoms with Crippen LogP contribution in [-0.2, 0) is 14.3 Å². The van der Waals surface area contributed by atoms with E-state index in [1.807, 2.05) is 18.2 Å². The van der Waals surface area contributed by atoms with Gasteiger partial charge in [-0.25, -0.2) is 4.79 Å². The number of hydrogen-bond acceptors (Lipinski definition) is 4. The molecule has 2 N–H and O–H groups in total. The largest absolute Gasteiger partial charge is 0.481 e. The Kier molecular flexibility index (Phi) is 6.85. The van der Waals surface area contributed by atoms with Crippen molar-refractivity contribution in [3.05, 3.63) is 29.8 Å². The van der Waals surface area contributed by atoms with Crippen LogP contribution in [0.2, 0.25) is 0 Å². The second-order valence-corrected chi connectivity index (χ2v) is 5.34. The van der Waals surface area contributed by atoms with E-state index in [1.165, 1.54) is 7.11 Å². The summed E-state index contributed by atoms with van der Waals surface area (Å²) < 4.78 is 10.3. The third kappa shape index (κ3) is 5.37. The summed E-state index contributed by atoms with van der Waals surface area (Å²) in [6, 6.07) is 6.39. The first-order valence-electron chi connectivity index (χ1n) is 7.13. The van der Waals surface area contributed by atoms with Gasteiger partial charge in [-0.05, 0) is 30.5 Å². The van der Waals surface area contributed by atoms with Crippen molar-refractivity contribution in [1.29, 1.82) is 0 Å². The summed E-state index contributed by atoms with van der Waals surface area (Å²) in [5.41, 5.74) is 1.10. The molecule has 0 bridgehead atoms. The second kappa shape index (κ2) is 8.38. The third-order valence-electron chi connectivity index (χ3n) is 3.15. The fourth-order valence-corrected chi connectivity index (χ4v) is 1.84. The van der Waals surface area contributed by atoms with Gasteiger partial charge in [0.1, 0.15) is 5.75 Å². The third-order valence-corrected chi connectivity index (χ3v) is 3.15. The lowest BCUT2D eigenvalue weighted by Crippen LogP contribution is -2.48. The lowest BCUT2D eigenvalue weighted by Gasteiger charge is -2.19. The van der Waals surface area contributed by atoms with Gasteiger partial charge in [0.05, 0.1) is 6.61 Å².